The average molecular weight is 336 g/mol. The lowest BCUT2D eigenvalue weighted by Crippen LogP contribution is -2.42. The Morgan fingerprint density at radius 3 is 2.92 bits per heavy atom. The number of nitrogens with zero attached hydrogens (tertiary/aromatic N) is 3. The summed E-state index contributed by atoms with van der Waals surface area (Å²) >= 11 is 0. The standard InChI is InChI=1S/C16H21FN4O3/c1-3-7-21(8-9-22)16(23)18-11(2)15-19-14(20-24-15)12-5-4-6-13(17)10-12/h4-6,10-11,22H,3,7-9H2,1-2H3,(H,18,23). The van der Waals surface area contributed by atoms with E-state index >= 15 is 0 Å². The molecule has 1 aromatic carbocycles. The SMILES string of the molecule is CCCN(CCO)C(=O)NC(C)c1nc(-c2cccc(F)c2)no1. The molecular weight excluding hydrogens is 315 g/mol. The third-order valence-electron chi connectivity index (χ3n) is 3.39. The molecule has 0 fully saturated rings. The van der Waals surface area contributed by atoms with Gasteiger partial charge in [0.15, 0.2) is 0 Å². The predicted molar refractivity (Wildman–Crippen MR) is 85.6 cm³/mol. The molecule has 0 aliphatic heterocycles. The van der Waals surface area contributed by atoms with Crippen molar-refractivity contribution in [1.29, 1.82) is 0 Å². The van der Waals surface area contributed by atoms with Gasteiger partial charge in [-0.05, 0) is 25.5 Å². The van der Waals surface area contributed by atoms with E-state index in [1.807, 2.05) is 6.92 Å². The van der Waals surface area contributed by atoms with Gasteiger partial charge in [-0.25, -0.2) is 9.18 Å². The maximum absolute atomic E-state index is 13.3. The smallest absolute Gasteiger partial charge is 0.318 e. The highest BCUT2D eigenvalue weighted by atomic mass is 19.1. The normalized spacial score (nSPS) is 12.0. The number of aromatic nitrogens is 2. The van der Waals surface area contributed by atoms with Gasteiger partial charge in [0, 0.05) is 18.7 Å². The molecule has 2 N–H and O–H groups in total. The first-order chi connectivity index (χ1) is 11.5. The fraction of sp³-hybridized carbons (Fsp3) is 0.438. The van der Waals surface area contributed by atoms with E-state index in [0.717, 1.165) is 6.42 Å². The van der Waals surface area contributed by atoms with Crippen molar-refractivity contribution in [3.8, 4) is 11.4 Å². The third-order valence-corrected chi connectivity index (χ3v) is 3.39. The van der Waals surface area contributed by atoms with Crippen molar-refractivity contribution in [2.45, 2.75) is 26.3 Å². The number of hydrogen-bond donors (Lipinski definition) is 2. The number of urea groups is 1. The summed E-state index contributed by atoms with van der Waals surface area (Å²) < 4.78 is 18.4. The van der Waals surface area contributed by atoms with Crippen LogP contribution in [0.5, 0.6) is 0 Å². The first-order valence-corrected chi connectivity index (χ1v) is 7.81. The summed E-state index contributed by atoms with van der Waals surface area (Å²) in [4.78, 5) is 17.9. The number of nitrogens with one attached hydrogen (secondary N) is 1. The molecule has 7 nitrogen and oxygen atoms in total. The summed E-state index contributed by atoms with van der Waals surface area (Å²) in [6, 6.07) is 5.04. The Morgan fingerprint density at radius 2 is 2.25 bits per heavy atom. The van der Waals surface area contributed by atoms with Gasteiger partial charge in [-0.15, -0.1) is 0 Å². The quantitative estimate of drug-likeness (QED) is 0.810. The van der Waals surface area contributed by atoms with Crippen molar-refractivity contribution in [1.82, 2.24) is 20.4 Å². The van der Waals surface area contributed by atoms with E-state index in [-0.39, 0.29) is 36.7 Å². The molecule has 130 valence electrons. The first-order valence-electron chi connectivity index (χ1n) is 7.81. The molecule has 2 rings (SSSR count). The van der Waals surface area contributed by atoms with Crippen LogP contribution in [0.3, 0.4) is 0 Å². The van der Waals surface area contributed by atoms with Crippen LogP contribution in [0.1, 0.15) is 32.2 Å². The number of aliphatic hydroxyl groups is 1. The molecule has 0 spiro atoms. The van der Waals surface area contributed by atoms with Crippen LogP contribution in [0.4, 0.5) is 9.18 Å². The second-order valence-corrected chi connectivity index (χ2v) is 5.35. The molecule has 0 aliphatic carbocycles. The summed E-state index contributed by atoms with van der Waals surface area (Å²) in [6.07, 6.45) is 0.784. The largest absolute Gasteiger partial charge is 0.395 e. The molecule has 0 radical (unpaired) electrons. The van der Waals surface area contributed by atoms with Crippen LogP contribution < -0.4 is 5.32 Å². The number of amides is 2. The van der Waals surface area contributed by atoms with Gasteiger partial charge >= 0.3 is 6.03 Å². The van der Waals surface area contributed by atoms with Crippen molar-refractivity contribution >= 4 is 6.03 Å². The van der Waals surface area contributed by atoms with E-state index in [0.29, 0.717) is 12.1 Å². The van der Waals surface area contributed by atoms with Crippen molar-refractivity contribution in [2.75, 3.05) is 19.7 Å². The van der Waals surface area contributed by atoms with Crippen molar-refractivity contribution in [3.05, 3.63) is 36.0 Å². The number of halogens is 1. The van der Waals surface area contributed by atoms with Crippen molar-refractivity contribution in [2.24, 2.45) is 0 Å². The van der Waals surface area contributed by atoms with Crippen molar-refractivity contribution in [3.63, 3.8) is 0 Å². The highest BCUT2D eigenvalue weighted by Gasteiger charge is 2.20. The van der Waals surface area contributed by atoms with Crippen LogP contribution in [0.25, 0.3) is 11.4 Å². The minimum Gasteiger partial charge on any atom is -0.395 e. The van der Waals surface area contributed by atoms with Gasteiger partial charge < -0.3 is 19.8 Å². The summed E-state index contributed by atoms with van der Waals surface area (Å²) in [5.74, 6) is 0.0915. The molecule has 8 heteroatoms. The number of carbonyl (C=O) groups is 1. The molecule has 0 aliphatic rings. The molecule has 2 aromatic rings. The lowest BCUT2D eigenvalue weighted by Gasteiger charge is -2.22. The van der Waals surface area contributed by atoms with Gasteiger partial charge in [0.2, 0.25) is 11.7 Å². The Kier molecular flexibility index (Phi) is 6.25. The molecule has 24 heavy (non-hydrogen) atoms. The Balaban J connectivity index is 2.05. The second-order valence-electron chi connectivity index (χ2n) is 5.35. The summed E-state index contributed by atoms with van der Waals surface area (Å²) in [5.41, 5.74) is 0.497. The van der Waals surface area contributed by atoms with E-state index in [2.05, 4.69) is 15.5 Å². The fourth-order valence-electron chi connectivity index (χ4n) is 2.20. The molecule has 1 heterocycles. The molecular formula is C16H21FN4O3. The highest BCUT2D eigenvalue weighted by Crippen LogP contribution is 2.19. The van der Waals surface area contributed by atoms with Crippen LogP contribution in [0.2, 0.25) is 0 Å². The van der Waals surface area contributed by atoms with E-state index in [9.17, 15) is 9.18 Å². The van der Waals surface area contributed by atoms with Crippen LogP contribution in [-0.4, -0.2) is 45.9 Å². The van der Waals surface area contributed by atoms with Crippen LogP contribution in [0.15, 0.2) is 28.8 Å². The van der Waals surface area contributed by atoms with E-state index in [1.165, 1.54) is 17.0 Å². The van der Waals surface area contributed by atoms with Crippen LogP contribution in [-0.2, 0) is 0 Å². The van der Waals surface area contributed by atoms with Gasteiger partial charge in [-0.2, -0.15) is 4.98 Å². The number of carbonyl (C=O) groups excluding carboxylic acids is 1. The lowest BCUT2D eigenvalue weighted by molar-refractivity contribution is 0.172. The zero-order chi connectivity index (χ0) is 17.5. The summed E-state index contributed by atoms with van der Waals surface area (Å²) in [6.45, 7) is 4.35. The van der Waals surface area contributed by atoms with Gasteiger partial charge in [-0.1, -0.05) is 24.2 Å². The van der Waals surface area contributed by atoms with Crippen molar-refractivity contribution < 1.29 is 18.8 Å². The number of hydrogen-bond acceptors (Lipinski definition) is 5. The molecule has 1 atom stereocenters. The van der Waals surface area contributed by atoms with Gasteiger partial charge in [0.1, 0.15) is 11.9 Å². The van der Waals surface area contributed by atoms with E-state index < -0.39 is 6.04 Å². The first kappa shape index (κ1) is 17.9. The minimum absolute atomic E-state index is 0.105. The molecule has 0 bridgehead atoms. The molecule has 1 unspecified atom stereocenters. The van der Waals surface area contributed by atoms with E-state index in [1.54, 1.807) is 19.1 Å². The van der Waals surface area contributed by atoms with E-state index in [4.69, 9.17) is 9.63 Å². The Bertz CT molecular complexity index is 671. The molecule has 0 saturated carbocycles. The minimum atomic E-state index is -0.509. The van der Waals surface area contributed by atoms with Gasteiger partial charge in [-0.3, -0.25) is 0 Å². The van der Waals surface area contributed by atoms with Crippen LogP contribution >= 0.6 is 0 Å². The summed E-state index contributed by atoms with van der Waals surface area (Å²) in [7, 11) is 0. The Labute approximate surface area is 139 Å². The third kappa shape index (κ3) is 4.51. The highest BCUT2D eigenvalue weighted by molar-refractivity contribution is 5.74. The van der Waals surface area contributed by atoms with Gasteiger partial charge in [0.25, 0.3) is 0 Å². The maximum Gasteiger partial charge on any atom is 0.318 e. The Morgan fingerprint density at radius 1 is 1.46 bits per heavy atom. The Hall–Kier alpha value is -2.48. The second kappa shape index (κ2) is 8.39. The fourth-order valence-corrected chi connectivity index (χ4v) is 2.20. The monoisotopic (exact) mass is 336 g/mol. The number of aliphatic hydroxyl groups excluding tert-OH is 1. The topological polar surface area (TPSA) is 91.5 Å². The predicted octanol–water partition coefficient (Wildman–Crippen LogP) is 2.35. The number of rotatable bonds is 7. The lowest BCUT2D eigenvalue weighted by atomic mass is 10.2. The zero-order valence-corrected chi connectivity index (χ0v) is 13.7. The molecule has 2 amide bonds. The molecule has 0 saturated heterocycles. The van der Waals surface area contributed by atoms with Gasteiger partial charge in [0.05, 0.1) is 6.61 Å². The zero-order valence-electron chi connectivity index (χ0n) is 13.7. The number of benzene rings is 1. The van der Waals surface area contributed by atoms with Crippen LogP contribution in [0, 0.1) is 5.82 Å². The maximum atomic E-state index is 13.3. The molecule has 1 aromatic heterocycles. The summed E-state index contributed by atoms with van der Waals surface area (Å²) in [5, 5.41) is 15.6. The average Bonchev–Trinajstić information content (AvgIpc) is 3.04.